The quantitative estimate of drug-likeness (QED) is 0.564. The van der Waals surface area contributed by atoms with Gasteiger partial charge in [0.15, 0.2) is 0 Å². The summed E-state index contributed by atoms with van der Waals surface area (Å²) in [5, 5.41) is 3.59. The molecule has 108 valence electrons. The van der Waals surface area contributed by atoms with Gasteiger partial charge >= 0.3 is 0 Å². The first-order chi connectivity index (χ1) is 8.84. The number of likely N-dealkylation sites (N-methyl/N-ethyl adjacent to an activating group) is 1. The van der Waals surface area contributed by atoms with Crippen molar-refractivity contribution >= 4 is 0 Å². The molecular weight excluding hydrogens is 220 g/mol. The molecule has 0 aromatic heterocycles. The van der Waals surface area contributed by atoms with Gasteiger partial charge in [-0.25, -0.2) is 0 Å². The van der Waals surface area contributed by atoms with Gasteiger partial charge in [0.25, 0.3) is 0 Å². The average molecular weight is 254 g/mol. The fraction of sp³-hybridized carbons (Fsp3) is 1.00. The Morgan fingerprint density at radius 1 is 0.944 bits per heavy atom. The van der Waals surface area contributed by atoms with E-state index in [0.717, 1.165) is 6.04 Å². The van der Waals surface area contributed by atoms with Crippen molar-refractivity contribution in [2.45, 2.75) is 77.2 Å². The van der Waals surface area contributed by atoms with E-state index >= 15 is 0 Å². The Labute approximate surface area is 115 Å². The zero-order valence-electron chi connectivity index (χ0n) is 12.7. The molecule has 1 N–H and O–H groups in total. The molecule has 2 heteroatoms. The summed E-state index contributed by atoms with van der Waals surface area (Å²) in [4.78, 5) is 2.56. The van der Waals surface area contributed by atoms with E-state index in [0.29, 0.717) is 0 Å². The summed E-state index contributed by atoms with van der Waals surface area (Å²) >= 11 is 0. The van der Waals surface area contributed by atoms with Gasteiger partial charge in [-0.3, -0.25) is 0 Å². The first-order valence-corrected chi connectivity index (χ1v) is 8.25. The Hall–Kier alpha value is -0.0800. The third-order valence-electron chi connectivity index (χ3n) is 4.30. The number of hydrogen-bond acceptors (Lipinski definition) is 2. The smallest absolute Gasteiger partial charge is 0.0107 e. The molecule has 0 saturated heterocycles. The Kier molecular flexibility index (Phi) is 9.59. The van der Waals surface area contributed by atoms with Crippen molar-refractivity contribution in [3.63, 3.8) is 0 Å². The fourth-order valence-corrected chi connectivity index (χ4v) is 2.94. The second-order valence-electron chi connectivity index (χ2n) is 5.94. The van der Waals surface area contributed by atoms with Gasteiger partial charge in [0, 0.05) is 19.1 Å². The van der Waals surface area contributed by atoms with Crippen molar-refractivity contribution in [2.24, 2.45) is 0 Å². The lowest BCUT2D eigenvalue weighted by molar-refractivity contribution is 0.245. The van der Waals surface area contributed by atoms with Gasteiger partial charge < -0.3 is 10.2 Å². The van der Waals surface area contributed by atoms with Gasteiger partial charge in [-0.1, -0.05) is 51.9 Å². The molecule has 0 bridgehead atoms. The summed E-state index contributed by atoms with van der Waals surface area (Å²) in [7, 11) is 2.29. The molecule has 1 aliphatic rings. The van der Waals surface area contributed by atoms with E-state index in [4.69, 9.17) is 0 Å². The summed E-state index contributed by atoms with van der Waals surface area (Å²) in [5.74, 6) is 0. The van der Waals surface area contributed by atoms with Crippen LogP contribution in [0.2, 0.25) is 0 Å². The highest BCUT2D eigenvalue weighted by molar-refractivity contribution is 4.75. The molecule has 0 radical (unpaired) electrons. The Bertz CT molecular complexity index is 176. The molecular formula is C16H34N2. The van der Waals surface area contributed by atoms with E-state index in [1.165, 1.54) is 83.8 Å². The summed E-state index contributed by atoms with van der Waals surface area (Å²) < 4.78 is 0. The molecule has 1 rings (SSSR count). The third-order valence-corrected chi connectivity index (χ3v) is 4.30. The van der Waals surface area contributed by atoms with Crippen LogP contribution in [0.1, 0.15) is 71.1 Å². The van der Waals surface area contributed by atoms with Crippen LogP contribution in [0.15, 0.2) is 0 Å². The van der Waals surface area contributed by atoms with Crippen LogP contribution in [0.25, 0.3) is 0 Å². The van der Waals surface area contributed by atoms with Crippen LogP contribution >= 0.6 is 0 Å². The van der Waals surface area contributed by atoms with Crippen molar-refractivity contribution in [1.82, 2.24) is 10.2 Å². The lowest BCUT2D eigenvalue weighted by Gasteiger charge is -2.23. The normalized spacial score (nSPS) is 16.8. The molecule has 0 spiro atoms. The first-order valence-electron chi connectivity index (χ1n) is 8.25. The minimum absolute atomic E-state index is 0.876. The zero-order chi connectivity index (χ0) is 13.1. The van der Waals surface area contributed by atoms with E-state index < -0.39 is 0 Å². The summed E-state index contributed by atoms with van der Waals surface area (Å²) in [6.07, 6.45) is 14.1. The lowest BCUT2D eigenvalue weighted by Crippen LogP contribution is -2.35. The molecule has 0 atom stereocenters. The summed E-state index contributed by atoms with van der Waals surface area (Å²) in [5.41, 5.74) is 0. The molecule has 0 aromatic carbocycles. The van der Waals surface area contributed by atoms with Crippen LogP contribution in [0, 0.1) is 0 Å². The fourth-order valence-electron chi connectivity index (χ4n) is 2.94. The zero-order valence-corrected chi connectivity index (χ0v) is 12.7. The maximum atomic E-state index is 3.59. The molecule has 0 amide bonds. The number of nitrogens with zero attached hydrogens (tertiary/aromatic N) is 1. The van der Waals surface area contributed by atoms with Crippen molar-refractivity contribution < 1.29 is 0 Å². The van der Waals surface area contributed by atoms with Gasteiger partial charge in [-0.2, -0.15) is 0 Å². The van der Waals surface area contributed by atoms with Gasteiger partial charge in [-0.15, -0.1) is 0 Å². The van der Waals surface area contributed by atoms with Crippen LogP contribution in [0.4, 0.5) is 0 Å². The molecule has 0 aliphatic heterocycles. The van der Waals surface area contributed by atoms with Crippen molar-refractivity contribution in [2.75, 3.05) is 26.7 Å². The van der Waals surface area contributed by atoms with Crippen molar-refractivity contribution in [3.8, 4) is 0 Å². The van der Waals surface area contributed by atoms with Crippen LogP contribution in [0.5, 0.6) is 0 Å². The highest BCUT2D eigenvalue weighted by Gasteiger charge is 2.18. The van der Waals surface area contributed by atoms with E-state index in [9.17, 15) is 0 Å². The second-order valence-corrected chi connectivity index (χ2v) is 5.94. The second kappa shape index (κ2) is 10.8. The number of nitrogens with one attached hydrogen (secondary N) is 1. The molecule has 2 nitrogen and oxygen atoms in total. The molecule has 0 heterocycles. The van der Waals surface area contributed by atoms with E-state index in [1.54, 1.807) is 0 Å². The monoisotopic (exact) mass is 254 g/mol. The van der Waals surface area contributed by atoms with Gasteiger partial charge in [0.05, 0.1) is 0 Å². The van der Waals surface area contributed by atoms with Crippen LogP contribution in [0.3, 0.4) is 0 Å². The first kappa shape index (κ1) is 16.0. The standard InChI is InChI=1S/C16H34N2/c1-3-4-5-6-7-10-13-17-14-15-18(2)16-11-8-9-12-16/h16-17H,3-15H2,1-2H3. The van der Waals surface area contributed by atoms with E-state index in [1.807, 2.05) is 0 Å². The Balaban J connectivity index is 1.80. The van der Waals surface area contributed by atoms with Gasteiger partial charge in [0.2, 0.25) is 0 Å². The molecule has 0 aromatic rings. The minimum Gasteiger partial charge on any atom is -0.315 e. The average Bonchev–Trinajstić information content (AvgIpc) is 2.90. The molecule has 0 unspecified atom stereocenters. The molecule has 18 heavy (non-hydrogen) atoms. The molecule has 1 saturated carbocycles. The van der Waals surface area contributed by atoms with E-state index in [-0.39, 0.29) is 0 Å². The number of rotatable bonds is 11. The van der Waals surface area contributed by atoms with Crippen molar-refractivity contribution in [1.29, 1.82) is 0 Å². The predicted molar refractivity (Wildman–Crippen MR) is 81.1 cm³/mol. The van der Waals surface area contributed by atoms with Crippen LogP contribution < -0.4 is 5.32 Å². The largest absolute Gasteiger partial charge is 0.315 e. The number of hydrogen-bond donors (Lipinski definition) is 1. The Morgan fingerprint density at radius 3 is 2.33 bits per heavy atom. The summed E-state index contributed by atoms with van der Waals surface area (Å²) in [6, 6.07) is 0.876. The topological polar surface area (TPSA) is 15.3 Å². The maximum absolute atomic E-state index is 3.59. The van der Waals surface area contributed by atoms with Crippen LogP contribution in [-0.2, 0) is 0 Å². The lowest BCUT2D eigenvalue weighted by atomic mass is 10.1. The highest BCUT2D eigenvalue weighted by atomic mass is 15.1. The van der Waals surface area contributed by atoms with Gasteiger partial charge in [-0.05, 0) is 32.9 Å². The van der Waals surface area contributed by atoms with Gasteiger partial charge in [0.1, 0.15) is 0 Å². The molecule has 1 fully saturated rings. The predicted octanol–water partition coefficient (Wildman–Crippen LogP) is 3.81. The third kappa shape index (κ3) is 7.38. The van der Waals surface area contributed by atoms with E-state index in [2.05, 4.69) is 24.2 Å². The minimum atomic E-state index is 0.876. The number of unbranched alkanes of at least 4 members (excludes halogenated alkanes) is 5. The molecule has 1 aliphatic carbocycles. The highest BCUT2D eigenvalue weighted by Crippen LogP contribution is 2.21. The summed E-state index contributed by atoms with van der Waals surface area (Å²) in [6.45, 7) is 5.88. The SMILES string of the molecule is CCCCCCCCNCCN(C)C1CCCC1. The van der Waals surface area contributed by atoms with Crippen LogP contribution in [-0.4, -0.2) is 37.6 Å². The maximum Gasteiger partial charge on any atom is 0.0107 e. The Morgan fingerprint density at radius 2 is 1.61 bits per heavy atom. The van der Waals surface area contributed by atoms with Crippen molar-refractivity contribution in [3.05, 3.63) is 0 Å².